The van der Waals surface area contributed by atoms with Crippen LogP contribution in [0.5, 0.6) is 0 Å². The molecule has 2 aromatic rings. The van der Waals surface area contributed by atoms with Crippen molar-refractivity contribution in [1.82, 2.24) is 5.32 Å². The number of nitrogens with two attached hydrogens (primary N) is 1. The molecule has 0 aliphatic rings. The van der Waals surface area contributed by atoms with E-state index in [1.54, 1.807) is 24.3 Å². The summed E-state index contributed by atoms with van der Waals surface area (Å²) in [5.74, 6) is -4.88. The molecule has 0 aliphatic heterocycles. The fourth-order valence-electron chi connectivity index (χ4n) is 3.73. The van der Waals surface area contributed by atoms with E-state index in [4.69, 9.17) is 5.73 Å². The molecule has 0 bridgehead atoms. The fourth-order valence-corrected chi connectivity index (χ4v) is 3.73. The molecule has 2 atom stereocenters. The van der Waals surface area contributed by atoms with Gasteiger partial charge in [-0.2, -0.15) is 0 Å². The Kier molecular flexibility index (Phi) is 21.0. The molecule has 0 radical (unpaired) electrons. The van der Waals surface area contributed by atoms with E-state index in [-0.39, 0.29) is 36.6 Å². The number of halogens is 2. The molecule has 0 aliphatic carbocycles. The topological polar surface area (TPSA) is 160 Å². The normalized spacial score (nSPS) is 11.5. The van der Waals surface area contributed by atoms with Crippen LogP contribution >= 0.6 is 0 Å². The molecule has 13 heteroatoms. The zero-order valence-electron chi connectivity index (χ0n) is 26.5. The first-order valence-corrected chi connectivity index (χ1v) is 14.1. The van der Waals surface area contributed by atoms with Gasteiger partial charge in [-0.25, -0.2) is 8.78 Å². The summed E-state index contributed by atoms with van der Waals surface area (Å²) in [6, 6.07) is 12.5. The Morgan fingerprint density at radius 3 is 1.44 bits per heavy atom. The third-order valence-corrected chi connectivity index (χ3v) is 6.40. The second-order valence-corrected chi connectivity index (χ2v) is 9.65. The van der Waals surface area contributed by atoms with E-state index in [0.29, 0.717) is 25.7 Å². The van der Waals surface area contributed by atoms with Crippen molar-refractivity contribution in [2.45, 2.75) is 51.6 Å². The van der Waals surface area contributed by atoms with Crippen LogP contribution in [0.2, 0.25) is 0 Å². The summed E-state index contributed by atoms with van der Waals surface area (Å²) in [4.78, 5) is 55.0. The molecule has 45 heavy (non-hydrogen) atoms. The molecule has 0 spiro atoms. The molecule has 11 nitrogen and oxygen atoms in total. The van der Waals surface area contributed by atoms with Crippen molar-refractivity contribution in [2.24, 2.45) is 17.6 Å². The number of hydrogen-bond donors (Lipinski definition) is 2. The van der Waals surface area contributed by atoms with Gasteiger partial charge in [0, 0.05) is 18.5 Å². The standard InChI is InChI=1S/C16H22FNO4.C8H10FN.C8H12O5/c1-11(12-6-8-13(17)9-7-12)18-10-4-5-14(15(19)21-2)16(20)22-3;1-6(10)7-2-4-8(9)5-3-7;1-12-7(10)6(4-3-5-9)8(11)13-2/h6-9,11,14,18H,4-5,10H2,1-3H3;2-6H,10H2,1H3;5-6H,3-4H2,1-2H3/t11-;6-;/m00./s1. The lowest BCUT2D eigenvalue weighted by molar-refractivity contribution is -0.160. The number of aldehydes is 1. The fraction of sp³-hybridized carbons (Fsp3) is 0.469. The molecule has 2 aromatic carbocycles. The highest BCUT2D eigenvalue weighted by Crippen LogP contribution is 2.15. The minimum atomic E-state index is -0.986. The first-order chi connectivity index (χ1) is 21.4. The van der Waals surface area contributed by atoms with Crippen molar-refractivity contribution in [2.75, 3.05) is 35.0 Å². The lowest BCUT2D eigenvalue weighted by Crippen LogP contribution is -2.28. The second-order valence-electron chi connectivity index (χ2n) is 9.65. The van der Waals surface area contributed by atoms with E-state index < -0.39 is 35.7 Å². The number of rotatable bonds is 14. The van der Waals surface area contributed by atoms with Crippen LogP contribution in [0.25, 0.3) is 0 Å². The van der Waals surface area contributed by atoms with Crippen molar-refractivity contribution < 1.29 is 51.7 Å². The molecule has 0 aromatic heterocycles. The Bertz CT molecular complexity index is 1140. The number of benzene rings is 2. The Morgan fingerprint density at radius 1 is 0.711 bits per heavy atom. The molecule has 0 saturated carbocycles. The Hall–Kier alpha value is -4.23. The van der Waals surface area contributed by atoms with Crippen molar-refractivity contribution in [3.63, 3.8) is 0 Å². The van der Waals surface area contributed by atoms with E-state index in [9.17, 15) is 32.8 Å². The maximum atomic E-state index is 12.9. The predicted octanol–water partition coefficient (Wildman–Crippen LogP) is 3.99. The molecule has 250 valence electrons. The van der Waals surface area contributed by atoms with Gasteiger partial charge in [-0.1, -0.05) is 24.3 Å². The van der Waals surface area contributed by atoms with Gasteiger partial charge < -0.3 is 34.8 Å². The van der Waals surface area contributed by atoms with Crippen molar-refractivity contribution in [3.8, 4) is 0 Å². The van der Waals surface area contributed by atoms with Gasteiger partial charge in [-0.3, -0.25) is 19.2 Å². The van der Waals surface area contributed by atoms with Crippen LogP contribution in [0.15, 0.2) is 48.5 Å². The van der Waals surface area contributed by atoms with E-state index in [0.717, 1.165) is 11.1 Å². The van der Waals surface area contributed by atoms with Gasteiger partial charge in [0.15, 0.2) is 11.8 Å². The first kappa shape index (κ1) is 40.8. The molecular formula is C32H44F2N2O9. The van der Waals surface area contributed by atoms with E-state index in [1.165, 1.54) is 52.7 Å². The number of nitrogens with one attached hydrogen (secondary N) is 1. The number of carbonyl (C=O) groups is 5. The molecule has 0 heterocycles. The van der Waals surface area contributed by atoms with Gasteiger partial charge in [0.25, 0.3) is 0 Å². The zero-order chi connectivity index (χ0) is 34.4. The van der Waals surface area contributed by atoms with Gasteiger partial charge in [0.05, 0.1) is 28.4 Å². The molecule has 2 rings (SSSR count). The van der Waals surface area contributed by atoms with Crippen LogP contribution < -0.4 is 11.1 Å². The van der Waals surface area contributed by atoms with Gasteiger partial charge >= 0.3 is 23.9 Å². The summed E-state index contributed by atoms with van der Waals surface area (Å²) < 4.78 is 43.1. The van der Waals surface area contributed by atoms with Gasteiger partial charge in [-0.15, -0.1) is 0 Å². The summed E-state index contributed by atoms with van der Waals surface area (Å²) in [6.07, 6.45) is 1.86. The molecule has 0 amide bonds. The third-order valence-electron chi connectivity index (χ3n) is 6.40. The maximum Gasteiger partial charge on any atom is 0.320 e. The van der Waals surface area contributed by atoms with E-state index in [1.807, 2.05) is 13.8 Å². The molecular weight excluding hydrogens is 594 g/mol. The monoisotopic (exact) mass is 638 g/mol. The highest BCUT2D eigenvalue weighted by atomic mass is 19.1. The summed E-state index contributed by atoms with van der Waals surface area (Å²) in [6.45, 7) is 4.45. The molecule has 3 N–H and O–H groups in total. The lowest BCUT2D eigenvalue weighted by Gasteiger charge is -2.16. The van der Waals surface area contributed by atoms with Crippen LogP contribution in [0.1, 0.15) is 62.7 Å². The summed E-state index contributed by atoms with van der Waals surface area (Å²) in [7, 11) is 4.85. The predicted molar refractivity (Wildman–Crippen MR) is 161 cm³/mol. The van der Waals surface area contributed by atoms with Crippen molar-refractivity contribution in [3.05, 3.63) is 71.3 Å². The quantitative estimate of drug-likeness (QED) is 0.101. The molecule has 0 unspecified atom stereocenters. The van der Waals surface area contributed by atoms with E-state index >= 15 is 0 Å². The van der Waals surface area contributed by atoms with Crippen molar-refractivity contribution in [1.29, 1.82) is 0 Å². The Labute approximate surface area is 262 Å². The zero-order valence-corrected chi connectivity index (χ0v) is 26.5. The van der Waals surface area contributed by atoms with Gasteiger partial charge in [0.1, 0.15) is 17.9 Å². The highest BCUT2D eigenvalue weighted by molar-refractivity contribution is 5.95. The van der Waals surface area contributed by atoms with Crippen LogP contribution in [0.4, 0.5) is 8.78 Å². The molecule has 0 fully saturated rings. The SMILES string of the molecule is COC(=O)C(CCC=O)C(=O)OC.COC(=O)C(CCCN[C@@H](C)c1ccc(F)cc1)C(=O)OC.C[C@H](N)c1ccc(F)cc1. The summed E-state index contributed by atoms with van der Waals surface area (Å²) >= 11 is 0. The number of methoxy groups -OCH3 is 4. The Balaban J connectivity index is 0.000000712. The Morgan fingerprint density at radius 2 is 1.09 bits per heavy atom. The van der Waals surface area contributed by atoms with Gasteiger partial charge in [-0.05, 0) is 75.0 Å². The number of esters is 4. The molecule has 0 saturated heterocycles. The maximum absolute atomic E-state index is 12.9. The minimum Gasteiger partial charge on any atom is -0.468 e. The average molecular weight is 639 g/mol. The third kappa shape index (κ3) is 16.4. The smallest absolute Gasteiger partial charge is 0.320 e. The van der Waals surface area contributed by atoms with Crippen LogP contribution in [-0.2, 0) is 42.9 Å². The highest BCUT2D eigenvalue weighted by Gasteiger charge is 2.28. The van der Waals surface area contributed by atoms with E-state index in [2.05, 4.69) is 24.3 Å². The summed E-state index contributed by atoms with van der Waals surface area (Å²) in [5.41, 5.74) is 7.47. The number of carbonyl (C=O) groups excluding carboxylic acids is 5. The van der Waals surface area contributed by atoms with Crippen LogP contribution in [0.3, 0.4) is 0 Å². The largest absolute Gasteiger partial charge is 0.468 e. The van der Waals surface area contributed by atoms with Crippen LogP contribution in [0, 0.1) is 23.5 Å². The number of hydrogen-bond acceptors (Lipinski definition) is 11. The van der Waals surface area contributed by atoms with Crippen molar-refractivity contribution >= 4 is 30.2 Å². The lowest BCUT2D eigenvalue weighted by atomic mass is 10.0. The first-order valence-electron chi connectivity index (χ1n) is 14.1. The summed E-state index contributed by atoms with van der Waals surface area (Å²) in [5, 5.41) is 3.26. The number of ether oxygens (including phenoxy) is 4. The van der Waals surface area contributed by atoms with Gasteiger partial charge in [0.2, 0.25) is 0 Å². The van der Waals surface area contributed by atoms with Crippen LogP contribution in [-0.4, -0.2) is 65.1 Å². The second kappa shape index (κ2) is 23.2. The minimum absolute atomic E-state index is 0.0133. The average Bonchev–Trinajstić information content (AvgIpc) is 3.04.